The summed E-state index contributed by atoms with van der Waals surface area (Å²) in [5.74, 6) is -0.453. The summed E-state index contributed by atoms with van der Waals surface area (Å²) in [4.78, 5) is 15.6. The Kier molecular flexibility index (Phi) is 4.28. The molecule has 0 saturated heterocycles. The molecule has 1 heterocycles. The van der Waals surface area contributed by atoms with Crippen LogP contribution in [0.25, 0.3) is 11.5 Å². The van der Waals surface area contributed by atoms with Gasteiger partial charge in [0.2, 0.25) is 11.7 Å². The fourth-order valence-electron chi connectivity index (χ4n) is 2.03. The minimum atomic E-state index is -1.07. The van der Waals surface area contributed by atoms with Gasteiger partial charge in [0, 0.05) is 10.0 Å². The number of oxazole rings is 1. The van der Waals surface area contributed by atoms with Crippen molar-refractivity contribution < 1.29 is 14.3 Å². The molecule has 0 radical (unpaired) electrons. The summed E-state index contributed by atoms with van der Waals surface area (Å²) in [6.07, 6.45) is 0.584. The molecule has 2 aromatic rings. The molecular formula is C15H16BrNO3. The molecule has 0 fully saturated rings. The molecule has 2 rings (SSSR count). The van der Waals surface area contributed by atoms with Crippen molar-refractivity contribution in [3.63, 3.8) is 0 Å². The molecular weight excluding hydrogens is 322 g/mol. The molecule has 0 spiro atoms. The molecule has 0 atom stereocenters. The van der Waals surface area contributed by atoms with E-state index in [1.165, 1.54) is 0 Å². The van der Waals surface area contributed by atoms with Gasteiger partial charge in [0.15, 0.2) is 0 Å². The number of carbonyl (C=O) groups is 1. The van der Waals surface area contributed by atoms with Gasteiger partial charge in [-0.25, -0.2) is 9.78 Å². The molecule has 1 N–H and O–H groups in total. The van der Waals surface area contributed by atoms with Gasteiger partial charge in [0.05, 0.1) is 5.69 Å². The van der Waals surface area contributed by atoms with Crippen LogP contribution in [0.15, 0.2) is 27.1 Å². The molecule has 0 aliphatic heterocycles. The van der Waals surface area contributed by atoms with Crippen LogP contribution in [-0.2, 0) is 6.42 Å². The molecule has 0 unspecified atom stereocenters. The van der Waals surface area contributed by atoms with Gasteiger partial charge in [-0.2, -0.15) is 0 Å². The molecule has 0 aliphatic carbocycles. The lowest BCUT2D eigenvalue weighted by Gasteiger charge is -2.01. The van der Waals surface area contributed by atoms with Crippen LogP contribution < -0.4 is 0 Å². The Labute approximate surface area is 126 Å². The highest BCUT2D eigenvalue weighted by molar-refractivity contribution is 9.10. The van der Waals surface area contributed by atoms with Gasteiger partial charge < -0.3 is 9.52 Å². The van der Waals surface area contributed by atoms with E-state index in [2.05, 4.69) is 20.9 Å². The summed E-state index contributed by atoms with van der Waals surface area (Å²) in [5, 5.41) is 9.21. The van der Waals surface area contributed by atoms with E-state index in [1.807, 2.05) is 39.0 Å². The van der Waals surface area contributed by atoms with Crippen molar-refractivity contribution in [3.8, 4) is 11.5 Å². The zero-order valence-electron chi connectivity index (χ0n) is 11.6. The van der Waals surface area contributed by atoms with Gasteiger partial charge in [-0.1, -0.05) is 29.8 Å². The number of halogens is 1. The lowest BCUT2D eigenvalue weighted by atomic mass is 10.1. The maximum atomic E-state index is 11.2. The fraction of sp³-hybridized carbons (Fsp3) is 0.333. The zero-order chi connectivity index (χ0) is 14.9. The molecule has 0 bridgehead atoms. The topological polar surface area (TPSA) is 63.3 Å². The normalized spacial score (nSPS) is 11.1. The quantitative estimate of drug-likeness (QED) is 0.902. The highest BCUT2D eigenvalue weighted by Gasteiger charge is 2.21. The molecule has 5 heteroatoms. The van der Waals surface area contributed by atoms with E-state index in [4.69, 9.17) is 4.42 Å². The lowest BCUT2D eigenvalue weighted by Crippen LogP contribution is -2.03. The van der Waals surface area contributed by atoms with E-state index in [0.717, 1.165) is 15.6 Å². The van der Waals surface area contributed by atoms with Crippen LogP contribution in [0.2, 0.25) is 0 Å². The Morgan fingerprint density at radius 2 is 2.15 bits per heavy atom. The first-order valence-corrected chi connectivity index (χ1v) is 7.17. The first-order chi connectivity index (χ1) is 9.38. The number of rotatable bonds is 4. The number of carboxylic acid groups (broad SMARTS) is 1. The maximum absolute atomic E-state index is 11.2. The second-order valence-corrected chi connectivity index (χ2v) is 6.07. The Hall–Kier alpha value is -1.62. The lowest BCUT2D eigenvalue weighted by molar-refractivity contribution is 0.0661. The number of aryl methyl sites for hydroxylation is 1. The Bertz CT molecular complexity index is 647. The summed E-state index contributed by atoms with van der Waals surface area (Å²) in [6.45, 7) is 5.97. The Morgan fingerprint density at radius 1 is 1.45 bits per heavy atom. The van der Waals surface area contributed by atoms with Crippen molar-refractivity contribution in [2.24, 2.45) is 5.92 Å². The first-order valence-electron chi connectivity index (χ1n) is 6.38. The maximum Gasteiger partial charge on any atom is 0.373 e. The predicted molar refractivity (Wildman–Crippen MR) is 79.9 cm³/mol. The van der Waals surface area contributed by atoms with E-state index in [1.54, 1.807) is 0 Å². The molecule has 0 amide bonds. The van der Waals surface area contributed by atoms with Crippen LogP contribution in [0.3, 0.4) is 0 Å². The summed E-state index contributed by atoms with van der Waals surface area (Å²) < 4.78 is 6.42. The van der Waals surface area contributed by atoms with Crippen LogP contribution in [0.5, 0.6) is 0 Å². The van der Waals surface area contributed by atoms with Crippen molar-refractivity contribution in [1.29, 1.82) is 0 Å². The average Bonchev–Trinajstić information content (AvgIpc) is 2.71. The monoisotopic (exact) mass is 337 g/mol. The van der Waals surface area contributed by atoms with E-state index in [9.17, 15) is 9.90 Å². The number of aromatic carboxylic acids is 1. The number of hydrogen-bond donors (Lipinski definition) is 1. The van der Waals surface area contributed by atoms with Crippen molar-refractivity contribution in [3.05, 3.63) is 39.7 Å². The summed E-state index contributed by atoms with van der Waals surface area (Å²) >= 11 is 3.40. The van der Waals surface area contributed by atoms with Crippen LogP contribution in [0.4, 0.5) is 0 Å². The molecule has 0 aliphatic rings. The van der Waals surface area contributed by atoms with Crippen molar-refractivity contribution >= 4 is 21.9 Å². The predicted octanol–water partition coefficient (Wildman–Crippen LogP) is 4.31. The van der Waals surface area contributed by atoms with Crippen LogP contribution in [0, 0.1) is 12.8 Å². The Balaban J connectivity index is 2.49. The average molecular weight is 338 g/mol. The van der Waals surface area contributed by atoms with Crippen molar-refractivity contribution in [2.45, 2.75) is 27.2 Å². The van der Waals surface area contributed by atoms with E-state index in [-0.39, 0.29) is 5.76 Å². The van der Waals surface area contributed by atoms with E-state index < -0.39 is 5.97 Å². The van der Waals surface area contributed by atoms with E-state index in [0.29, 0.717) is 23.9 Å². The van der Waals surface area contributed by atoms with Gasteiger partial charge in [-0.3, -0.25) is 0 Å². The van der Waals surface area contributed by atoms with Crippen molar-refractivity contribution in [2.75, 3.05) is 0 Å². The SMILES string of the molecule is Cc1cc(Br)ccc1-c1nc(CC(C)C)c(C(=O)O)o1. The second kappa shape index (κ2) is 5.79. The number of aromatic nitrogens is 1. The minimum absolute atomic E-state index is 0.0592. The molecule has 1 aromatic heterocycles. The summed E-state index contributed by atoms with van der Waals surface area (Å²) in [6, 6.07) is 5.70. The minimum Gasteiger partial charge on any atom is -0.475 e. The Morgan fingerprint density at radius 3 is 2.70 bits per heavy atom. The number of nitrogens with zero attached hydrogens (tertiary/aromatic N) is 1. The highest BCUT2D eigenvalue weighted by atomic mass is 79.9. The number of carboxylic acids is 1. The van der Waals surface area contributed by atoms with Crippen LogP contribution in [-0.4, -0.2) is 16.1 Å². The third-order valence-corrected chi connectivity index (χ3v) is 3.41. The van der Waals surface area contributed by atoms with Gasteiger partial charge in [0.1, 0.15) is 0 Å². The van der Waals surface area contributed by atoms with Gasteiger partial charge >= 0.3 is 5.97 Å². The van der Waals surface area contributed by atoms with Gasteiger partial charge in [-0.15, -0.1) is 0 Å². The number of benzene rings is 1. The third-order valence-electron chi connectivity index (χ3n) is 2.91. The van der Waals surface area contributed by atoms with Crippen molar-refractivity contribution in [1.82, 2.24) is 4.98 Å². The second-order valence-electron chi connectivity index (χ2n) is 5.16. The summed E-state index contributed by atoms with van der Waals surface area (Å²) in [5.41, 5.74) is 2.30. The van der Waals surface area contributed by atoms with Crippen LogP contribution in [0.1, 0.15) is 35.7 Å². The largest absolute Gasteiger partial charge is 0.475 e. The molecule has 0 saturated carbocycles. The summed E-state index contributed by atoms with van der Waals surface area (Å²) in [7, 11) is 0. The van der Waals surface area contributed by atoms with Crippen LogP contribution >= 0.6 is 15.9 Å². The fourth-order valence-corrected chi connectivity index (χ4v) is 2.50. The third kappa shape index (κ3) is 3.10. The standard InChI is InChI=1S/C15H16BrNO3/c1-8(2)6-12-13(15(18)19)20-14(17-12)11-5-4-10(16)7-9(11)3/h4-5,7-8H,6H2,1-3H3,(H,18,19). The molecule has 20 heavy (non-hydrogen) atoms. The zero-order valence-corrected chi connectivity index (χ0v) is 13.2. The molecule has 1 aromatic carbocycles. The smallest absolute Gasteiger partial charge is 0.373 e. The molecule has 4 nitrogen and oxygen atoms in total. The molecule has 106 valence electrons. The van der Waals surface area contributed by atoms with E-state index >= 15 is 0 Å². The number of hydrogen-bond acceptors (Lipinski definition) is 3. The van der Waals surface area contributed by atoms with Gasteiger partial charge in [0.25, 0.3) is 0 Å². The highest BCUT2D eigenvalue weighted by Crippen LogP contribution is 2.28. The first kappa shape index (κ1) is 14.8. The van der Waals surface area contributed by atoms with Gasteiger partial charge in [-0.05, 0) is 43.0 Å².